The number of likely N-dealkylation sites (N-methyl/N-ethyl adjacent to an activating group) is 1. The van der Waals surface area contributed by atoms with Crippen LogP contribution in [0.5, 0.6) is 0 Å². The number of thiazole rings is 1. The van der Waals surface area contributed by atoms with Gasteiger partial charge in [-0.2, -0.15) is 0 Å². The molecule has 0 atom stereocenters. The van der Waals surface area contributed by atoms with Gasteiger partial charge >= 0.3 is 0 Å². The van der Waals surface area contributed by atoms with Crippen LogP contribution in [-0.4, -0.2) is 36.1 Å². The van der Waals surface area contributed by atoms with E-state index in [0.29, 0.717) is 0 Å². The first kappa shape index (κ1) is 12.6. The van der Waals surface area contributed by atoms with Gasteiger partial charge < -0.3 is 10.2 Å². The maximum atomic E-state index is 4.23. The van der Waals surface area contributed by atoms with Gasteiger partial charge in [0.25, 0.3) is 0 Å². The lowest BCUT2D eigenvalue weighted by molar-refractivity contribution is 0.190. The molecule has 1 aromatic heterocycles. The Morgan fingerprint density at radius 1 is 1.47 bits per heavy atom. The number of nitrogens with zero attached hydrogens (tertiary/aromatic N) is 2. The van der Waals surface area contributed by atoms with Crippen molar-refractivity contribution in [1.82, 2.24) is 15.2 Å². The third kappa shape index (κ3) is 3.89. The highest BCUT2D eigenvalue weighted by atomic mass is 32.1. The molecule has 0 fully saturated rings. The summed E-state index contributed by atoms with van der Waals surface area (Å²) in [5, 5.41) is 4.60. The molecule has 0 amide bonds. The standard InChI is InChI=1S/C11H21N3S/c1-9-13-7-10(15-9)6-12-8-11(2,3)14(4)5/h7,12H,6,8H2,1-5H3. The number of hydrogen-bond donors (Lipinski definition) is 1. The van der Waals surface area contributed by atoms with Crippen LogP contribution < -0.4 is 5.32 Å². The molecule has 15 heavy (non-hydrogen) atoms. The second-order valence-electron chi connectivity index (χ2n) is 4.66. The predicted molar refractivity (Wildman–Crippen MR) is 66.3 cm³/mol. The van der Waals surface area contributed by atoms with E-state index in [9.17, 15) is 0 Å². The first-order chi connectivity index (χ1) is 6.92. The van der Waals surface area contributed by atoms with Crippen molar-refractivity contribution in [2.75, 3.05) is 20.6 Å². The van der Waals surface area contributed by atoms with Crippen LogP contribution in [-0.2, 0) is 6.54 Å². The van der Waals surface area contributed by atoms with Crippen LogP contribution >= 0.6 is 11.3 Å². The Kier molecular flexibility index (Phi) is 4.25. The van der Waals surface area contributed by atoms with Crippen LogP contribution in [0.4, 0.5) is 0 Å². The van der Waals surface area contributed by atoms with Gasteiger partial charge in [0.1, 0.15) is 0 Å². The van der Waals surface area contributed by atoms with E-state index >= 15 is 0 Å². The molecule has 4 heteroatoms. The number of aromatic nitrogens is 1. The van der Waals surface area contributed by atoms with Crippen LogP contribution in [0.25, 0.3) is 0 Å². The van der Waals surface area contributed by atoms with Crippen molar-refractivity contribution in [1.29, 1.82) is 0 Å². The van der Waals surface area contributed by atoms with Crippen LogP contribution in [0, 0.1) is 6.92 Å². The van der Waals surface area contributed by atoms with E-state index in [0.717, 1.165) is 18.1 Å². The highest BCUT2D eigenvalue weighted by molar-refractivity contribution is 7.11. The highest BCUT2D eigenvalue weighted by Crippen LogP contribution is 2.12. The fourth-order valence-electron chi connectivity index (χ4n) is 1.14. The average Bonchev–Trinajstić information content (AvgIpc) is 2.51. The summed E-state index contributed by atoms with van der Waals surface area (Å²) in [6.07, 6.45) is 1.95. The zero-order valence-corrected chi connectivity index (χ0v) is 11.1. The lowest BCUT2D eigenvalue weighted by Gasteiger charge is -2.32. The lowest BCUT2D eigenvalue weighted by Crippen LogP contribution is -2.46. The Balaban J connectivity index is 2.33. The minimum Gasteiger partial charge on any atom is -0.310 e. The van der Waals surface area contributed by atoms with Crippen LogP contribution in [0.15, 0.2) is 6.20 Å². The Hall–Kier alpha value is -0.450. The summed E-state index contributed by atoms with van der Waals surface area (Å²) in [6, 6.07) is 0. The van der Waals surface area contributed by atoms with Crippen molar-refractivity contribution >= 4 is 11.3 Å². The highest BCUT2D eigenvalue weighted by Gasteiger charge is 2.19. The molecule has 0 aliphatic carbocycles. The lowest BCUT2D eigenvalue weighted by atomic mass is 10.0. The van der Waals surface area contributed by atoms with E-state index in [1.54, 1.807) is 11.3 Å². The number of aryl methyl sites for hydroxylation is 1. The van der Waals surface area contributed by atoms with Crippen molar-refractivity contribution in [3.05, 3.63) is 16.1 Å². The van der Waals surface area contributed by atoms with Gasteiger partial charge in [0, 0.05) is 29.7 Å². The maximum absolute atomic E-state index is 4.23. The molecular weight excluding hydrogens is 206 g/mol. The first-order valence-corrected chi connectivity index (χ1v) is 6.03. The summed E-state index contributed by atoms with van der Waals surface area (Å²) in [4.78, 5) is 7.78. The largest absolute Gasteiger partial charge is 0.310 e. The molecule has 0 aliphatic rings. The number of hydrogen-bond acceptors (Lipinski definition) is 4. The Bertz CT molecular complexity index is 305. The van der Waals surface area contributed by atoms with Crippen LogP contribution in [0.1, 0.15) is 23.7 Å². The zero-order valence-electron chi connectivity index (χ0n) is 10.3. The maximum Gasteiger partial charge on any atom is 0.0897 e. The van der Waals surface area contributed by atoms with Gasteiger partial charge in [-0.1, -0.05) is 0 Å². The van der Waals surface area contributed by atoms with Gasteiger partial charge in [-0.25, -0.2) is 4.98 Å². The summed E-state index contributed by atoms with van der Waals surface area (Å²) in [5.41, 5.74) is 0.194. The van der Waals surface area contributed by atoms with E-state index in [4.69, 9.17) is 0 Å². The van der Waals surface area contributed by atoms with Crippen molar-refractivity contribution in [2.24, 2.45) is 0 Å². The van der Waals surface area contributed by atoms with Gasteiger partial charge in [0.05, 0.1) is 5.01 Å². The summed E-state index contributed by atoms with van der Waals surface area (Å²) in [6.45, 7) is 8.41. The van der Waals surface area contributed by atoms with Gasteiger partial charge in [-0.3, -0.25) is 0 Å². The van der Waals surface area contributed by atoms with Gasteiger partial charge in [0.15, 0.2) is 0 Å². The fraction of sp³-hybridized carbons (Fsp3) is 0.727. The first-order valence-electron chi connectivity index (χ1n) is 5.21. The van der Waals surface area contributed by atoms with E-state index in [2.05, 4.69) is 43.1 Å². The molecule has 0 saturated carbocycles. The predicted octanol–water partition coefficient (Wildman–Crippen LogP) is 1.88. The average molecular weight is 227 g/mol. The number of rotatable bonds is 5. The van der Waals surface area contributed by atoms with E-state index in [1.165, 1.54) is 4.88 Å². The molecule has 1 heterocycles. The minimum absolute atomic E-state index is 0.194. The van der Waals surface area contributed by atoms with Gasteiger partial charge in [0.2, 0.25) is 0 Å². The minimum atomic E-state index is 0.194. The molecule has 1 aromatic rings. The van der Waals surface area contributed by atoms with Crippen molar-refractivity contribution in [3.63, 3.8) is 0 Å². The molecule has 1 rings (SSSR count). The number of nitrogens with one attached hydrogen (secondary N) is 1. The smallest absolute Gasteiger partial charge is 0.0897 e. The van der Waals surface area contributed by atoms with Gasteiger partial charge in [-0.15, -0.1) is 11.3 Å². The summed E-state index contributed by atoms with van der Waals surface area (Å²) < 4.78 is 0. The van der Waals surface area contributed by atoms with E-state index in [-0.39, 0.29) is 5.54 Å². The molecule has 0 aliphatic heterocycles. The third-order valence-electron chi connectivity index (χ3n) is 2.74. The Morgan fingerprint density at radius 3 is 2.60 bits per heavy atom. The molecule has 0 radical (unpaired) electrons. The van der Waals surface area contributed by atoms with E-state index < -0.39 is 0 Å². The van der Waals surface area contributed by atoms with Crippen molar-refractivity contribution in [3.8, 4) is 0 Å². The van der Waals surface area contributed by atoms with E-state index in [1.807, 2.05) is 13.1 Å². The quantitative estimate of drug-likeness (QED) is 0.832. The molecule has 3 nitrogen and oxygen atoms in total. The second-order valence-corrected chi connectivity index (χ2v) is 5.98. The SMILES string of the molecule is Cc1ncc(CNCC(C)(C)N(C)C)s1. The Morgan fingerprint density at radius 2 is 2.13 bits per heavy atom. The van der Waals surface area contributed by atoms with Crippen molar-refractivity contribution < 1.29 is 0 Å². The second kappa shape index (κ2) is 5.05. The fourth-order valence-corrected chi connectivity index (χ4v) is 1.90. The normalized spacial score (nSPS) is 12.4. The molecular formula is C11H21N3S. The van der Waals surface area contributed by atoms with Crippen LogP contribution in [0.2, 0.25) is 0 Å². The molecule has 0 saturated heterocycles. The third-order valence-corrected chi connectivity index (χ3v) is 3.65. The molecule has 86 valence electrons. The molecule has 0 aromatic carbocycles. The van der Waals surface area contributed by atoms with Crippen LogP contribution in [0.3, 0.4) is 0 Å². The Labute approximate surface area is 96.5 Å². The molecule has 1 N–H and O–H groups in total. The summed E-state index contributed by atoms with van der Waals surface area (Å²) in [7, 11) is 4.22. The summed E-state index contributed by atoms with van der Waals surface area (Å²) in [5.74, 6) is 0. The van der Waals surface area contributed by atoms with Gasteiger partial charge in [-0.05, 0) is 34.9 Å². The van der Waals surface area contributed by atoms with Crippen molar-refractivity contribution in [2.45, 2.75) is 32.9 Å². The zero-order chi connectivity index (χ0) is 11.5. The molecule has 0 bridgehead atoms. The molecule has 0 unspecified atom stereocenters. The summed E-state index contributed by atoms with van der Waals surface area (Å²) >= 11 is 1.76. The monoisotopic (exact) mass is 227 g/mol. The topological polar surface area (TPSA) is 28.2 Å². The molecule has 0 spiro atoms.